The van der Waals surface area contributed by atoms with Gasteiger partial charge in [0.05, 0.1) is 13.2 Å². The lowest BCUT2D eigenvalue weighted by atomic mass is 10.1. The molecule has 3 N–H and O–H groups in total. The molecule has 4 nitrogen and oxygen atoms in total. The maximum Gasteiger partial charge on any atom is 0.238 e. The van der Waals surface area contributed by atoms with Gasteiger partial charge in [-0.1, -0.05) is 13.8 Å². The number of nitrogens with one attached hydrogen (secondary N) is 2. The van der Waals surface area contributed by atoms with Crippen molar-refractivity contribution >= 4 is 11.6 Å². The fourth-order valence-corrected chi connectivity index (χ4v) is 1.47. The predicted octanol–water partition coefficient (Wildman–Crippen LogP) is 1.37. The van der Waals surface area contributed by atoms with Crippen LogP contribution in [0.5, 0.6) is 0 Å². The van der Waals surface area contributed by atoms with Crippen LogP contribution in [0.15, 0.2) is 24.3 Å². The Kier molecular flexibility index (Phi) is 5.74. The number of benzene rings is 1. The summed E-state index contributed by atoms with van der Waals surface area (Å²) in [5.41, 5.74) is 0.549. The summed E-state index contributed by atoms with van der Waals surface area (Å²) < 4.78 is 12.7. The smallest absolute Gasteiger partial charge is 0.238 e. The summed E-state index contributed by atoms with van der Waals surface area (Å²) in [6, 6.07) is 5.46. The monoisotopic (exact) mass is 254 g/mol. The summed E-state index contributed by atoms with van der Waals surface area (Å²) in [4.78, 5) is 11.6. The topological polar surface area (TPSA) is 61.4 Å². The van der Waals surface area contributed by atoms with Gasteiger partial charge in [-0.3, -0.25) is 4.79 Å². The van der Waals surface area contributed by atoms with Crippen molar-refractivity contribution in [3.8, 4) is 0 Å². The number of hydrogen-bond donors (Lipinski definition) is 3. The zero-order valence-corrected chi connectivity index (χ0v) is 10.6. The molecule has 0 aliphatic carbocycles. The van der Waals surface area contributed by atoms with Crippen LogP contribution < -0.4 is 10.6 Å². The Morgan fingerprint density at radius 2 is 1.94 bits per heavy atom. The zero-order chi connectivity index (χ0) is 13.5. The Morgan fingerprint density at radius 3 is 2.44 bits per heavy atom. The fraction of sp³-hybridized carbons (Fsp3) is 0.462. The number of aliphatic hydroxyl groups is 1. The highest BCUT2D eigenvalue weighted by molar-refractivity contribution is 5.92. The summed E-state index contributed by atoms with van der Waals surface area (Å²) in [5.74, 6) is -0.319. The van der Waals surface area contributed by atoms with Crippen LogP contribution >= 0.6 is 0 Å². The van der Waals surface area contributed by atoms with Crippen LogP contribution in [-0.4, -0.2) is 30.2 Å². The molecule has 1 rings (SSSR count). The van der Waals surface area contributed by atoms with Gasteiger partial charge in [0, 0.05) is 11.7 Å². The van der Waals surface area contributed by atoms with Gasteiger partial charge in [-0.25, -0.2) is 4.39 Å². The third kappa shape index (κ3) is 4.81. The summed E-state index contributed by atoms with van der Waals surface area (Å²) in [6.45, 7) is 4.03. The first-order valence-electron chi connectivity index (χ1n) is 5.92. The van der Waals surface area contributed by atoms with Gasteiger partial charge in [-0.05, 0) is 30.2 Å². The number of amides is 1. The number of carbonyl (C=O) groups is 1. The number of halogens is 1. The molecule has 0 saturated heterocycles. The van der Waals surface area contributed by atoms with Crippen molar-refractivity contribution < 1.29 is 14.3 Å². The normalized spacial score (nSPS) is 12.5. The van der Waals surface area contributed by atoms with E-state index in [0.29, 0.717) is 5.69 Å². The highest BCUT2D eigenvalue weighted by Gasteiger charge is 2.12. The van der Waals surface area contributed by atoms with E-state index in [9.17, 15) is 9.18 Å². The van der Waals surface area contributed by atoms with Crippen LogP contribution in [0.25, 0.3) is 0 Å². The molecule has 1 atom stereocenters. The molecule has 0 aliphatic heterocycles. The van der Waals surface area contributed by atoms with Crippen LogP contribution in [-0.2, 0) is 4.79 Å². The number of hydrogen-bond acceptors (Lipinski definition) is 3. The highest BCUT2D eigenvalue weighted by Crippen LogP contribution is 2.07. The van der Waals surface area contributed by atoms with E-state index in [2.05, 4.69) is 10.6 Å². The van der Waals surface area contributed by atoms with Crippen molar-refractivity contribution in [3.05, 3.63) is 30.1 Å². The van der Waals surface area contributed by atoms with Crippen LogP contribution in [0.1, 0.15) is 13.8 Å². The lowest BCUT2D eigenvalue weighted by Gasteiger charge is -2.19. The molecule has 1 amide bonds. The maximum absolute atomic E-state index is 12.7. The van der Waals surface area contributed by atoms with Gasteiger partial charge < -0.3 is 15.7 Å². The number of anilines is 1. The van der Waals surface area contributed by atoms with Crippen molar-refractivity contribution in [3.63, 3.8) is 0 Å². The Bertz CT molecular complexity index is 379. The lowest BCUT2D eigenvalue weighted by Crippen LogP contribution is -2.41. The predicted molar refractivity (Wildman–Crippen MR) is 68.7 cm³/mol. The summed E-state index contributed by atoms with van der Waals surface area (Å²) in [5, 5.41) is 14.7. The third-order valence-corrected chi connectivity index (χ3v) is 2.65. The third-order valence-electron chi connectivity index (χ3n) is 2.65. The largest absolute Gasteiger partial charge is 0.395 e. The second kappa shape index (κ2) is 7.08. The van der Waals surface area contributed by atoms with Crippen LogP contribution in [0.2, 0.25) is 0 Å². The molecular weight excluding hydrogens is 235 g/mol. The molecule has 0 heterocycles. The molecule has 0 bridgehead atoms. The number of rotatable bonds is 6. The Morgan fingerprint density at radius 1 is 1.33 bits per heavy atom. The second-order valence-corrected chi connectivity index (χ2v) is 4.47. The van der Waals surface area contributed by atoms with Gasteiger partial charge in [0.25, 0.3) is 0 Å². The van der Waals surface area contributed by atoms with Crippen LogP contribution in [0.4, 0.5) is 10.1 Å². The fourth-order valence-electron chi connectivity index (χ4n) is 1.47. The molecular formula is C13H19FN2O2. The molecule has 1 aromatic carbocycles. The molecule has 0 saturated carbocycles. The molecule has 100 valence electrons. The van der Waals surface area contributed by atoms with Gasteiger partial charge in [-0.2, -0.15) is 0 Å². The maximum atomic E-state index is 12.7. The molecule has 0 spiro atoms. The quantitative estimate of drug-likeness (QED) is 0.718. The molecule has 0 radical (unpaired) electrons. The molecule has 1 aromatic rings. The first-order valence-corrected chi connectivity index (χ1v) is 5.92. The SMILES string of the molecule is CC(C)[C@@H](CO)NCC(=O)Nc1ccc(F)cc1. The van der Waals surface area contributed by atoms with E-state index in [1.807, 2.05) is 13.8 Å². The van der Waals surface area contributed by atoms with Crippen molar-refractivity contribution in [2.75, 3.05) is 18.5 Å². The molecule has 5 heteroatoms. The standard InChI is InChI=1S/C13H19FN2O2/c1-9(2)12(8-17)15-7-13(18)16-11-5-3-10(14)4-6-11/h3-6,9,12,15,17H,7-8H2,1-2H3,(H,16,18)/t12-/m1/s1. The average molecular weight is 254 g/mol. The van der Waals surface area contributed by atoms with Crippen LogP contribution in [0, 0.1) is 11.7 Å². The van der Waals surface area contributed by atoms with Crippen LogP contribution in [0.3, 0.4) is 0 Å². The molecule has 0 aliphatic rings. The Labute approximate surface area is 106 Å². The van der Waals surface area contributed by atoms with Gasteiger partial charge in [-0.15, -0.1) is 0 Å². The summed E-state index contributed by atoms with van der Waals surface area (Å²) in [6.07, 6.45) is 0. The molecule has 0 unspecified atom stereocenters. The van der Waals surface area contributed by atoms with E-state index in [4.69, 9.17) is 5.11 Å². The van der Waals surface area contributed by atoms with Gasteiger partial charge in [0.2, 0.25) is 5.91 Å². The number of carbonyl (C=O) groups excluding carboxylic acids is 1. The average Bonchev–Trinajstić information content (AvgIpc) is 2.32. The van der Waals surface area contributed by atoms with Crippen molar-refractivity contribution in [1.82, 2.24) is 5.32 Å². The molecule has 0 aromatic heterocycles. The van der Waals surface area contributed by atoms with Crippen molar-refractivity contribution in [2.24, 2.45) is 5.92 Å². The van der Waals surface area contributed by atoms with Gasteiger partial charge >= 0.3 is 0 Å². The van der Waals surface area contributed by atoms with E-state index in [1.165, 1.54) is 24.3 Å². The van der Waals surface area contributed by atoms with E-state index < -0.39 is 0 Å². The minimum atomic E-state index is -0.341. The molecule has 0 fully saturated rings. The first kappa shape index (κ1) is 14.6. The summed E-state index contributed by atoms with van der Waals surface area (Å²) >= 11 is 0. The van der Waals surface area contributed by atoms with Crippen molar-refractivity contribution in [2.45, 2.75) is 19.9 Å². The van der Waals surface area contributed by atoms with E-state index in [1.54, 1.807) is 0 Å². The Balaban J connectivity index is 2.40. The minimum Gasteiger partial charge on any atom is -0.395 e. The minimum absolute atomic E-state index is 0.0124. The van der Waals surface area contributed by atoms with E-state index in [0.717, 1.165) is 0 Å². The van der Waals surface area contributed by atoms with Gasteiger partial charge in [0.15, 0.2) is 0 Å². The Hall–Kier alpha value is -1.46. The second-order valence-electron chi connectivity index (χ2n) is 4.47. The van der Waals surface area contributed by atoms with Crippen molar-refractivity contribution in [1.29, 1.82) is 0 Å². The van der Waals surface area contributed by atoms with E-state index in [-0.39, 0.29) is 36.8 Å². The highest BCUT2D eigenvalue weighted by atomic mass is 19.1. The zero-order valence-electron chi connectivity index (χ0n) is 10.6. The first-order chi connectivity index (χ1) is 8.52. The van der Waals surface area contributed by atoms with Gasteiger partial charge in [0.1, 0.15) is 5.82 Å². The summed E-state index contributed by atoms with van der Waals surface area (Å²) in [7, 11) is 0. The van der Waals surface area contributed by atoms with E-state index >= 15 is 0 Å². The number of aliphatic hydroxyl groups excluding tert-OH is 1. The lowest BCUT2D eigenvalue weighted by molar-refractivity contribution is -0.115. The molecule has 18 heavy (non-hydrogen) atoms.